The topological polar surface area (TPSA) is 59.8 Å². The Morgan fingerprint density at radius 2 is 1.75 bits per heavy atom. The molecule has 1 N–H and O–H groups in total. The lowest BCUT2D eigenvalue weighted by Gasteiger charge is -2.11. The number of carbonyl (C=O) groups excluding carboxylic acids is 1. The zero-order valence-electron chi connectivity index (χ0n) is 16.6. The molecule has 162 valence electrons. The van der Waals surface area contributed by atoms with Crippen molar-refractivity contribution < 1.29 is 13.6 Å². The summed E-state index contributed by atoms with van der Waals surface area (Å²) in [5.41, 5.74) is 1.83. The molecule has 5 nitrogen and oxygen atoms in total. The third-order valence-corrected chi connectivity index (χ3v) is 5.95. The largest absolute Gasteiger partial charge is 0.323 e. The van der Waals surface area contributed by atoms with Gasteiger partial charge in [0.2, 0.25) is 5.91 Å². The van der Waals surface area contributed by atoms with Crippen LogP contribution in [0, 0.1) is 11.6 Å². The van der Waals surface area contributed by atoms with Gasteiger partial charge in [0, 0.05) is 16.6 Å². The molecule has 0 atom stereocenters. The number of halogens is 3. The molecule has 0 unspecified atom stereocenters. The van der Waals surface area contributed by atoms with E-state index in [1.165, 1.54) is 36.0 Å². The van der Waals surface area contributed by atoms with Gasteiger partial charge in [-0.05, 0) is 48.0 Å². The summed E-state index contributed by atoms with van der Waals surface area (Å²) in [6.45, 7) is 0. The number of benzene rings is 3. The number of nitrogens with zero attached hydrogens (tertiary/aromatic N) is 3. The highest BCUT2D eigenvalue weighted by molar-refractivity contribution is 9.10. The molecule has 0 aliphatic carbocycles. The summed E-state index contributed by atoms with van der Waals surface area (Å²) in [5.74, 6) is -0.603. The second-order valence-corrected chi connectivity index (χ2v) is 8.69. The zero-order valence-corrected chi connectivity index (χ0v) is 19.0. The third-order valence-electron chi connectivity index (χ3n) is 4.53. The quantitative estimate of drug-likeness (QED) is 0.324. The number of anilines is 1. The minimum atomic E-state index is -0.530. The van der Waals surface area contributed by atoms with Gasteiger partial charge < -0.3 is 5.32 Å². The fraction of sp³-hybridized carbons (Fsp3) is 0.0870. The molecule has 32 heavy (non-hydrogen) atoms. The Morgan fingerprint density at radius 3 is 2.47 bits per heavy atom. The van der Waals surface area contributed by atoms with E-state index in [0.29, 0.717) is 27.6 Å². The highest BCUT2D eigenvalue weighted by atomic mass is 79.9. The second-order valence-electron chi connectivity index (χ2n) is 6.83. The Morgan fingerprint density at radius 1 is 1.00 bits per heavy atom. The van der Waals surface area contributed by atoms with Crippen molar-refractivity contribution in [3.05, 3.63) is 100 Å². The maximum absolute atomic E-state index is 14.0. The van der Waals surface area contributed by atoms with Crippen LogP contribution in [0.2, 0.25) is 0 Å². The van der Waals surface area contributed by atoms with Crippen molar-refractivity contribution >= 4 is 39.3 Å². The van der Waals surface area contributed by atoms with Crippen LogP contribution in [-0.2, 0) is 11.2 Å². The lowest BCUT2D eigenvalue weighted by atomic mass is 10.1. The standard InChI is InChI=1S/C23H17BrF2N4OS/c24-16-6-11-20(19(26)13-16)27-22(31)14-32-23-29-28-21(12-15-4-2-1-3-5-15)30(23)18-9-7-17(25)8-10-18/h1-11,13H,12,14H2,(H,27,31). The van der Waals surface area contributed by atoms with Crippen molar-refractivity contribution in [2.45, 2.75) is 11.6 Å². The number of thioether (sulfide) groups is 1. The molecule has 1 aromatic heterocycles. The molecule has 0 spiro atoms. The first-order valence-electron chi connectivity index (χ1n) is 9.61. The van der Waals surface area contributed by atoms with Crippen LogP contribution in [0.4, 0.5) is 14.5 Å². The van der Waals surface area contributed by atoms with Crippen molar-refractivity contribution in [1.29, 1.82) is 0 Å². The lowest BCUT2D eigenvalue weighted by Crippen LogP contribution is -2.15. The molecule has 3 aromatic carbocycles. The predicted octanol–water partition coefficient (Wildman–Crippen LogP) is 5.63. The summed E-state index contributed by atoms with van der Waals surface area (Å²) < 4.78 is 29.8. The van der Waals surface area contributed by atoms with E-state index in [1.54, 1.807) is 22.8 Å². The van der Waals surface area contributed by atoms with E-state index in [2.05, 4.69) is 31.4 Å². The molecular formula is C23H17BrF2N4OS. The minimum absolute atomic E-state index is 0.000168. The number of hydrogen-bond donors (Lipinski definition) is 1. The number of carbonyl (C=O) groups is 1. The second kappa shape index (κ2) is 10.1. The normalized spacial score (nSPS) is 10.8. The van der Waals surface area contributed by atoms with Gasteiger partial charge in [-0.2, -0.15) is 0 Å². The molecule has 0 aliphatic rings. The Balaban J connectivity index is 1.55. The number of amides is 1. The molecule has 0 fully saturated rings. The van der Waals surface area contributed by atoms with E-state index in [4.69, 9.17) is 0 Å². The molecule has 4 rings (SSSR count). The van der Waals surface area contributed by atoms with E-state index >= 15 is 0 Å². The molecule has 0 aliphatic heterocycles. The molecule has 0 saturated carbocycles. The Kier molecular flexibility index (Phi) is 6.96. The summed E-state index contributed by atoms with van der Waals surface area (Å²) in [6, 6.07) is 20.2. The molecule has 1 heterocycles. The first-order chi connectivity index (χ1) is 15.5. The number of aromatic nitrogens is 3. The summed E-state index contributed by atoms with van der Waals surface area (Å²) in [4.78, 5) is 12.4. The first-order valence-corrected chi connectivity index (χ1v) is 11.4. The fourth-order valence-electron chi connectivity index (χ4n) is 3.04. The molecule has 0 saturated heterocycles. The van der Waals surface area contributed by atoms with Crippen molar-refractivity contribution in [2.75, 3.05) is 11.1 Å². The average molecular weight is 515 g/mol. The summed E-state index contributed by atoms with van der Waals surface area (Å²) in [5, 5.41) is 11.6. The van der Waals surface area contributed by atoms with Gasteiger partial charge in [-0.25, -0.2) is 8.78 Å². The van der Waals surface area contributed by atoms with E-state index < -0.39 is 5.82 Å². The van der Waals surface area contributed by atoms with Crippen LogP contribution in [-0.4, -0.2) is 26.4 Å². The van der Waals surface area contributed by atoms with Gasteiger partial charge in [-0.3, -0.25) is 9.36 Å². The predicted molar refractivity (Wildman–Crippen MR) is 124 cm³/mol. The van der Waals surface area contributed by atoms with Crippen LogP contribution in [0.15, 0.2) is 82.4 Å². The molecule has 4 aromatic rings. The molecule has 0 bridgehead atoms. The van der Waals surface area contributed by atoms with Crippen LogP contribution in [0.1, 0.15) is 11.4 Å². The average Bonchev–Trinajstić information content (AvgIpc) is 3.18. The smallest absolute Gasteiger partial charge is 0.234 e. The van der Waals surface area contributed by atoms with Gasteiger partial charge in [-0.15, -0.1) is 10.2 Å². The Hall–Kier alpha value is -3.04. The van der Waals surface area contributed by atoms with Crippen LogP contribution in [0.3, 0.4) is 0 Å². The highest BCUT2D eigenvalue weighted by Crippen LogP contribution is 2.25. The molecule has 9 heteroatoms. The monoisotopic (exact) mass is 514 g/mol. The maximum Gasteiger partial charge on any atom is 0.234 e. The van der Waals surface area contributed by atoms with Gasteiger partial charge in [0.1, 0.15) is 17.5 Å². The number of hydrogen-bond acceptors (Lipinski definition) is 4. The van der Waals surface area contributed by atoms with Gasteiger partial charge in [0.15, 0.2) is 5.16 Å². The van der Waals surface area contributed by atoms with E-state index in [0.717, 1.165) is 5.56 Å². The zero-order chi connectivity index (χ0) is 22.5. The van der Waals surface area contributed by atoms with Crippen molar-refractivity contribution in [1.82, 2.24) is 14.8 Å². The van der Waals surface area contributed by atoms with Crippen molar-refractivity contribution in [3.8, 4) is 5.69 Å². The Bertz CT molecular complexity index is 1230. The van der Waals surface area contributed by atoms with Gasteiger partial charge in [0.25, 0.3) is 0 Å². The van der Waals surface area contributed by atoms with Crippen LogP contribution in [0.5, 0.6) is 0 Å². The number of nitrogens with one attached hydrogen (secondary N) is 1. The highest BCUT2D eigenvalue weighted by Gasteiger charge is 2.17. The lowest BCUT2D eigenvalue weighted by molar-refractivity contribution is -0.113. The molecule has 1 amide bonds. The van der Waals surface area contributed by atoms with E-state index in [1.807, 2.05) is 30.3 Å². The van der Waals surface area contributed by atoms with Gasteiger partial charge in [0.05, 0.1) is 11.4 Å². The summed E-state index contributed by atoms with van der Waals surface area (Å²) in [6.07, 6.45) is 0.516. The molecular weight excluding hydrogens is 498 g/mol. The summed E-state index contributed by atoms with van der Waals surface area (Å²) >= 11 is 4.35. The van der Waals surface area contributed by atoms with Crippen LogP contribution in [0.25, 0.3) is 5.69 Å². The van der Waals surface area contributed by atoms with E-state index in [-0.39, 0.29) is 23.2 Å². The van der Waals surface area contributed by atoms with Crippen LogP contribution < -0.4 is 5.32 Å². The SMILES string of the molecule is O=C(CSc1nnc(Cc2ccccc2)n1-c1ccc(F)cc1)Nc1ccc(Br)cc1F. The fourth-order valence-corrected chi connectivity index (χ4v) is 4.15. The van der Waals surface area contributed by atoms with Crippen LogP contribution >= 0.6 is 27.7 Å². The first kappa shape index (κ1) is 22.2. The summed E-state index contributed by atoms with van der Waals surface area (Å²) in [7, 11) is 0. The maximum atomic E-state index is 14.0. The number of rotatable bonds is 7. The minimum Gasteiger partial charge on any atom is -0.323 e. The van der Waals surface area contributed by atoms with Gasteiger partial charge in [-0.1, -0.05) is 58.0 Å². The molecule has 0 radical (unpaired) electrons. The van der Waals surface area contributed by atoms with Crippen molar-refractivity contribution in [3.63, 3.8) is 0 Å². The van der Waals surface area contributed by atoms with E-state index in [9.17, 15) is 13.6 Å². The third kappa shape index (κ3) is 5.41. The van der Waals surface area contributed by atoms with Gasteiger partial charge >= 0.3 is 0 Å². The Labute approximate surface area is 196 Å². The van der Waals surface area contributed by atoms with Crippen molar-refractivity contribution in [2.24, 2.45) is 0 Å².